The lowest BCUT2D eigenvalue weighted by Gasteiger charge is -2.26. The highest BCUT2D eigenvalue weighted by Gasteiger charge is 2.27. The number of anilines is 4. The molecule has 2 aromatic carbocycles. The predicted octanol–water partition coefficient (Wildman–Crippen LogP) is 5.71. The molecule has 0 saturated heterocycles. The van der Waals surface area contributed by atoms with E-state index in [0.717, 1.165) is 46.2 Å². The van der Waals surface area contributed by atoms with Crippen LogP contribution < -0.4 is 20.3 Å². The molecule has 11 heteroatoms. The molecule has 11 nitrogen and oxygen atoms in total. The highest BCUT2D eigenvalue weighted by atomic mass is 16.5. The molecule has 0 unspecified atom stereocenters. The average Bonchev–Trinajstić information content (AvgIpc) is 3.64. The number of hydrogen-bond acceptors (Lipinski definition) is 8. The number of para-hydroxylation sites is 1. The largest absolute Gasteiger partial charge is 0.494 e. The van der Waals surface area contributed by atoms with Gasteiger partial charge in [0.05, 0.1) is 36.1 Å². The van der Waals surface area contributed by atoms with Crippen LogP contribution >= 0.6 is 0 Å². The molecule has 0 atom stereocenters. The third kappa shape index (κ3) is 6.25. The number of likely N-dealkylation sites (N-methyl/N-ethyl adjacent to an activating group) is 2. The molecule has 0 radical (unpaired) electrons. The number of rotatable bonds is 12. The number of methoxy groups -OCH3 is 1. The maximum absolute atomic E-state index is 12.5. The van der Waals surface area contributed by atoms with Gasteiger partial charge in [-0.15, -0.1) is 0 Å². The number of carbonyl (C=O) groups is 1. The molecular weight excluding hydrogens is 566 g/mol. The van der Waals surface area contributed by atoms with Gasteiger partial charge < -0.3 is 29.7 Å². The molecule has 1 aliphatic carbocycles. The zero-order valence-electron chi connectivity index (χ0n) is 28.9. The van der Waals surface area contributed by atoms with Gasteiger partial charge in [0, 0.05) is 89.5 Å². The topological polar surface area (TPSA) is 105 Å². The summed E-state index contributed by atoms with van der Waals surface area (Å²) >= 11 is 0. The molecule has 0 aliphatic heterocycles. The Morgan fingerprint density at radius 3 is 2.67 bits per heavy atom. The number of hydrogen-bond donors (Lipinski definition) is 2. The van der Waals surface area contributed by atoms with Crippen molar-refractivity contribution in [3.63, 3.8) is 0 Å². The summed E-state index contributed by atoms with van der Waals surface area (Å²) in [5.41, 5.74) is 5.69. The Kier molecular flexibility index (Phi) is 7.26. The van der Waals surface area contributed by atoms with Crippen molar-refractivity contribution in [3.8, 4) is 28.1 Å². The monoisotopic (exact) mass is 608 g/mol. The van der Waals surface area contributed by atoms with Crippen molar-refractivity contribution in [2.45, 2.75) is 18.9 Å². The summed E-state index contributed by atoms with van der Waals surface area (Å²) in [6.45, 7) is 2.70. The van der Waals surface area contributed by atoms with Crippen LogP contribution in [0.25, 0.3) is 33.3 Å². The summed E-state index contributed by atoms with van der Waals surface area (Å²) in [5, 5.41) is 11.4. The molecule has 5 aromatic rings. The van der Waals surface area contributed by atoms with E-state index < -0.39 is 6.98 Å². The fraction of sp³-hybridized carbons (Fsp3) is 0.294. The van der Waals surface area contributed by atoms with Crippen molar-refractivity contribution in [2.24, 2.45) is 6.98 Å². The quantitative estimate of drug-likeness (QED) is 0.174. The van der Waals surface area contributed by atoms with E-state index in [0.29, 0.717) is 46.5 Å². The second-order valence-corrected chi connectivity index (χ2v) is 11.4. The van der Waals surface area contributed by atoms with Gasteiger partial charge >= 0.3 is 0 Å². The predicted molar refractivity (Wildman–Crippen MR) is 180 cm³/mol. The Hall–Kier alpha value is -5.16. The van der Waals surface area contributed by atoms with E-state index in [1.165, 1.54) is 18.5 Å². The maximum atomic E-state index is 12.5. The summed E-state index contributed by atoms with van der Waals surface area (Å²) in [4.78, 5) is 26.3. The summed E-state index contributed by atoms with van der Waals surface area (Å²) in [5.74, 6) is 0.464. The Labute approximate surface area is 267 Å². The number of nitrogens with one attached hydrogen (secondary N) is 2. The van der Waals surface area contributed by atoms with Crippen LogP contribution in [-0.4, -0.2) is 76.5 Å². The minimum Gasteiger partial charge on any atom is -0.494 e. The first-order valence-corrected chi connectivity index (χ1v) is 14.8. The van der Waals surface area contributed by atoms with Crippen molar-refractivity contribution < 1.29 is 13.6 Å². The third-order valence-corrected chi connectivity index (χ3v) is 7.92. The van der Waals surface area contributed by atoms with E-state index >= 15 is 0 Å². The van der Waals surface area contributed by atoms with Crippen molar-refractivity contribution >= 4 is 39.8 Å². The van der Waals surface area contributed by atoms with Gasteiger partial charge in [-0.3, -0.25) is 9.48 Å². The Bertz CT molecular complexity index is 1980. The highest BCUT2D eigenvalue weighted by Crippen LogP contribution is 2.43. The number of carbonyl (C=O) groups excluding carboxylic acids is 1. The standard InChI is InChI=1S/C34H39N9O2/c1-7-32(44)37-27-16-28(31(45-6)17-30(27)41(4)15-14-40(2)3)38-34-35-19-25(22-18-36-42(5)20-22)33(39-34)26-21-43(23-12-13-23)29-11-9-8-10-24(26)29/h7-11,16-21,23H,1,12-15H2,2-6H3,(H,37,44)(H,35,38,39)/i5D3. The Balaban J connectivity index is 1.46. The molecule has 1 aliphatic rings. The van der Waals surface area contributed by atoms with Crippen LogP contribution in [0.5, 0.6) is 5.75 Å². The molecule has 232 valence electrons. The molecule has 0 spiro atoms. The highest BCUT2D eigenvalue weighted by molar-refractivity contribution is 6.02. The molecule has 45 heavy (non-hydrogen) atoms. The van der Waals surface area contributed by atoms with E-state index in [1.807, 2.05) is 44.2 Å². The molecule has 3 heterocycles. The number of ether oxygens (including phenoxy) is 1. The lowest BCUT2D eigenvalue weighted by Crippen LogP contribution is -2.29. The van der Waals surface area contributed by atoms with E-state index in [-0.39, 0.29) is 11.9 Å². The Morgan fingerprint density at radius 1 is 1.13 bits per heavy atom. The van der Waals surface area contributed by atoms with E-state index in [4.69, 9.17) is 13.8 Å². The molecule has 0 bridgehead atoms. The van der Waals surface area contributed by atoms with E-state index in [1.54, 1.807) is 19.4 Å². The molecule has 3 aromatic heterocycles. The van der Waals surface area contributed by atoms with Gasteiger partial charge in [-0.05, 0) is 45.1 Å². The first-order chi connectivity index (χ1) is 23.0. The summed E-state index contributed by atoms with van der Waals surface area (Å²) in [6.07, 6.45) is 10.2. The zero-order chi connectivity index (χ0) is 34.2. The normalized spacial score (nSPS) is 14.1. The number of aromatic nitrogens is 5. The smallest absolute Gasteiger partial charge is 0.247 e. The molecule has 1 fully saturated rings. The van der Waals surface area contributed by atoms with E-state index in [2.05, 4.69) is 55.1 Å². The molecule has 6 rings (SSSR count). The lowest BCUT2D eigenvalue weighted by atomic mass is 10.0. The Morgan fingerprint density at radius 2 is 1.96 bits per heavy atom. The molecule has 2 N–H and O–H groups in total. The van der Waals surface area contributed by atoms with Crippen LogP contribution in [0.1, 0.15) is 23.0 Å². The van der Waals surface area contributed by atoms with Crippen LogP contribution in [0.2, 0.25) is 0 Å². The van der Waals surface area contributed by atoms with Crippen molar-refractivity contribution in [2.75, 3.05) is 56.9 Å². The van der Waals surface area contributed by atoms with Crippen LogP contribution in [0.15, 0.2) is 73.8 Å². The summed E-state index contributed by atoms with van der Waals surface area (Å²) in [6, 6.07) is 12.3. The summed E-state index contributed by atoms with van der Waals surface area (Å²) in [7, 11) is 7.54. The SMILES string of the molecule is [2H]C([2H])([2H])n1cc(-c2cnc(Nc3cc(NC(=O)C=C)c(N(C)CCN(C)C)cc3OC)nc2-c2cn(C3CC3)c3ccccc23)cn1. The van der Waals surface area contributed by atoms with Gasteiger partial charge in [0.25, 0.3) is 0 Å². The zero-order valence-corrected chi connectivity index (χ0v) is 25.9. The fourth-order valence-corrected chi connectivity index (χ4v) is 5.40. The minimum absolute atomic E-state index is 0.285. The molecule has 1 amide bonds. The van der Waals surface area contributed by atoms with Crippen molar-refractivity contribution in [1.82, 2.24) is 29.2 Å². The molecule has 1 saturated carbocycles. The second-order valence-electron chi connectivity index (χ2n) is 11.4. The third-order valence-electron chi connectivity index (χ3n) is 7.92. The molecular formula is C34H39N9O2. The van der Waals surface area contributed by atoms with Crippen LogP contribution in [-0.2, 0) is 11.8 Å². The fourth-order valence-electron chi connectivity index (χ4n) is 5.40. The van der Waals surface area contributed by atoms with Gasteiger partial charge in [-0.1, -0.05) is 24.8 Å². The van der Waals surface area contributed by atoms with Crippen LogP contribution in [0.3, 0.4) is 0 Å². The van der Waals surface area contributed by atoms with Crippen molar-refractivity contribution in [1.29, 1.82) is 0 Å². The average molecular weight is 609 g/mol. The number of fused-ring (bicyclic) bond motifs is 1. The van der Waals surface area contributed by atoms with Crippen LogP contribution in [0, 0.1) is 0 Å². The number of nitrogens with zero attached hydrogens (tertiary/aromatic N) is 7. The van der Waals surface area contributed by atoms with Gasteiger partial charge in [0.1, 0.15) is 5.75 Å². The van der Waals surface area contributed by atoms with Gasteiger partial charge in [0.15, 0.2) is 0 Å². The van der Waals surface area contributed by atoms with Gasteiger partial charge in [0.2, 0.25) is 11.9 Å². The van der Waals surface area contributed by atoms with E-state index in [9.17, 15) is 4.79 Å². The van der Waals surface area contributed by atoms with Gasteiger partial charge in [-0.25, -0.2) is 9.97 Å². The number of aryl methyl sites for hydroxylation is 1. The summed E-state index contributed by atoms with van der Waals surface area (Å²) < 4.78 is 32.5. The number of amides is 1. The number of benzene rings is 2. The first kappa shape index (κ1) is 26.3. The second kappa shape index (κ2) is 12.4. The van der Waals surface area contributed by atoms with Crippen LogP contribution in [0.4, 0.5) is 23.0 Å². The maximum Gasteiger partial charge on any atom is 0.247 e. The first-order valence-electron chi connectivity index (χ1n) is 16.3. The van der Waals surface area contributed by atoms with Crippen molar-refractivity contribution in [3.05, 3.63) is 73.8 Å². The lowest BCUT2D eigenvalue weighted by molar-refractivity contribution is -0.111. The minimum atomic E-state index is -2.43. The van der Waals surface area contributed by atoms with Gasteiger partial charge in [-0.2, -0.15) is 5.10 Å².